The van der Waals surface area contributed by atoms with E-state index < -0.39 is 0 Å². The third kappa shape index (κ3) is 1.20. The van der Waals surface area contributed by atoms with Crippen molar-refractivity contribution < 1.29 is 4.74 Å². The average molecular weight is 232 g/mol. The quantitative estimate of drug-likeness (QED) is 0.581. The molecule has 4 saturated carbocycles. The highest BCUT2D eigenvalue weighted by molar-refractivity contribution is 5.12. The second-order valence-electron chi connectivity index (χ2n) is 7.51. The molecule has 1 heteroatoms. The molecule has 1 aliphatic heterocycles. The fourth-order valence-electron chi connectivity index (χ4n) is 6.59. The minimum absolute atomic E-state index is 0.723. The van der Waals surface area contributed by atoms with E-state index in [4.69, 9.17) is 4.74 Å². The molecule has 8 unspecified atom stereocenters. The lowest BCUT2D eigenvalue weighted by molar-refractivity contribution is -0.0614. The van der Waals surface area contributed by atoms with Crippen molar-refractivity contribution in [3.8, 4) is 0 Å². The van der Waals surface area contributed by atoms with E-state index in [1.165, 1.54) is 25.7 Å². The number of epoxide rings is 1. The maximum atomic E-state index is 6.14. The Kier molecular flexibility index (Phi) is 1.90. The molecule has 5 aliphatic rings. The van der Waals surface area contributed by atoms with Gasteiger partial charge < -0.3 is 4.74 Å². The predicted molar refractivity (Wildman–Crippen MR) is 66.5 cm³/mol. The molecule has 0 radical (unpaired) electrons. The van der Waals surface area contributed by atoms with E-state index in [-0.39, 0.29) is 0 Å². The van der Waals surface area contributed by atoms with Crippen molar-refractivity contribution >= 4 is 0 Å². The third-order valence-corrected chi connectivity index (χ3v) is 7.06. The van der Waals surface area contributed by atoms with Gasteiger partial charge in [-0.2, -0.15) is 0 Å². The van der Waals surface area contributed by atoms with Gasteiger partial charge in [0.1, 0.15) is 0 Å². The summed E-state index contributed by atoms with van der Waals surface area (Å²) in [7, 11) is 0. The van der Waals surface area contributed by atoms with Gasteiger partial charge in [-0.25, -0.2) is 0 Å². The molecule has 0 N–H and O–H groups in total. The first-order valence-electron chi connectivity index (χ1n) is 8.09. The van der Waals surface area contributed by atoms with Crippen molar-refractivity contribution in [2.75, 3.05) is 0 Å². The summed E-state index contributed by atoms with van der Waals surface area (Å²) >= 11 is 0. The van der Waals surface area contributed by atoms with Crippen molar-refractivity contribution in [3.63, 3.8) is 0 Å². The van der Waals surface area contributed by atoms with Crippen molar-refractivity contribution in [3.05, 3.63) is 0 Å². The van der Waals surface area contributed by atoms with Crippen LogP contribution in [0.2, 0.25) is 0 Å². The number of fused-ring (bicyclic) bond motifs is 3. The maximum Gasteiger partial charge on any atom is 0.0875 e. The first-order chi connectivity index (χ1) is 8.43. The second kappa shape index (κ2) is 3.29. The Morgan fingerprint density at radius 1 is 0.588 bits per heavy atom. The van der Waals surface area contributed by atoms with Crippen LogP contribution in [0.4, 0.5) is 0 Å². The van der Waals surface area contributed by atoms with Gasteiger partial charge in [-0.1, -0.05) is 25.7 Å². The highest BCUT2D eigenvalue weighted by Gasteiger charge is 2.64. The summed E-state index contributed by atoms with van der Waals surface area (Å²) in [6.45, 7) is 0. The van der Waals surface area contributed by atoms with Gasteiger partial charge in [0.15, 0.2) is 0 Å². The van der Waals surface area contributed by atoms with Crippen LogP contribution in [0, 0.1) is 35.5 Å². The van der Waals surface area contributed by atoms with Gasteiger partial charge in [-0.15, -0.1) is 0 Å². The molecule has 5 fully saturated rings. The molecule has 1 heterocycles. The van der Waals surface area contributed by atoms with Gasteiger partial charge in [-0.3, -0.25) is 0 Å². The number of hydrogen-bond donors (Lipinski definition) is 0. The maximum absolute atomic E-state index is 6.14. The molecule has 5 rings (SSSR count). The molecule has 0 aromatic heterocycles. The average Bonchev–Trinajstić information content (AvgIpc) is 3.17. The van der Waals surface area contributed by atoms with Crippen LogP contribution in [0.1, 0.15) is 51.4 Å². The largest absolute Gasteiger partial charge is 0.369 e. The van der Waals surface area contributed by atoms with Crippen LogP contribution in [-0.4, -0.2) is 12.2 Å². The molecular formula is C16H24O. The Morgan fingerprint density at radius 2 is 1.12 bits per heavy atom. The van der Waals surface area contributed by atoms with Gasteiger partial charge in [0.25, 0.3) is 0 Å². The van der Waals surface area contributed by atoms with E-state index in [1.54, 1.807) is 25.7 Å². The smallest absolute Gasteiger partial charge is 0.0875 e. The number of ether oxygens (including phenoxy) is 1. The summed E-state index contributed by atoms with van der Waals surface area (Å²) in [5.41, 5.74) is 0. The fraction of sp³-hybridized carbons (Fsp3) is 1.00. The predicted octanol–water partition coefficient (Wildman–Crippen LogP) is 3.63. The molecule has 94 valence electrons. The second-order valence-corrected chi connectivity index (χ2v) is 7.51. The van der Waals surface area contributed by atoms with E-state index in [2.05, 4.69) is 0 Å². The van der Waals surface area contributed by atoms with Crippen LogP contribution in [0.25, 0.3) is 0 Å². The number of hydrogen-bond acceptors (Lipinski definition) is 1. The van der Waals surface area contributed by atoms with Crippen LogP contribution in [0.15, 0.2) is 0 Å². The van der Waals surface area contributed by atoms with Crippen molar-refractivity contribution in [2.24, 2.45) is 35.5 Å². The Hall–Kier alpha value is -0.0400. The molecule has 1 saturated heterocycles. The van der Waals surface area contributed by atoms with Crippen LogP contribution in [0.5, 0.6) is 0 Å². The minimum Gasteiger partial charge on any atom is -0.369 e. The van der Waals surface area contributed by atoms with Gasteiger partial charge in [0.05, 0.1) is 12.2 Å². The molecule has 0 aromatic carbocycles. The monoisotopic (exact) mass is 232 g/mol. The Labute approximate surface area is 104 Å². The van der Waals surface area contributed by atoms with E-state index in [0.717, 1.165) is 47.7 Å². The summed E-state index contributed by atoms with van der Waals surface area (Å²) in [5, 5.41) is 0. The topological polar surface area (TPSA) is 12.5 Å². The Bertz CT molecular complexity index is 306. The summed E-state index contributed by atoms with van der Waals surface area (Å²) in [5.74, 6) is 6.36. The van der Waals surface area contributed by atoms with E-state index in [1.807, 2.05) is 0 Å². The molecule has 0 bridgehead atoms. The zero-order valence-corrected chi connectivity index (χ0v) is 10.7. The lowest BCUT2D eigenvalue weighted by Crippen LogP contribution is -2.52. The van der Waals surface area contributed by atoms with Crippen molar-refractivity contribution in [2.45, 2.75) is 63.6 Å². The van der Waals surface area contributed by atoms with Crippen molar-refractivity contribution in [1.29, 1.82) is 0 Å². The molecule has 0 spiro atoms. The first-order valence-corrected chi connectivity index (χ1v) is 8.09. The van der Waals surface area contributed by atoms with Gasteiger partial charge >= 0.3 is 0 Å². The molecule has 17 heavy (non-hydrogen) atoms. The van der Waals surface area contributed by atoms with E-state index in [0.29, 0.717) is 0 Å². The van der Waals surface area contributed by atoms with Crippen molar-refractivity contribution in [1.82, 2.24) is 0 Å². The minimum atomic E-state index is 0.723. The number of rotatable bonds is 0. The lowest BCUT2D eigenvalue weighted by Gasteiger charge is -2.55. The highest BCUT2D eigenvalue weighted by atomic mass is 16.6. The molecule has 1 nitrogen and oxygen atoms in total. The molecular weight excluding hydrogens is 208 g/mol. The van der Waals surface area contributed by atoms with Crippen LogP contribution >= 0.6 is 0 Å². The molecule has 8 atom stereocenters. The Morgan fingerprint density at radius 3 is 1.65 bits per heavy atom. The normalized spacial score (nSPS) is 63.5. The molecule has 0 aromatic rings. The summed E-state index contributed by atoms with van der Waals surface area (Å²) < 4.78 is 6.14. The van der Waals surface area contributed by atoms with E-state index in [9.17, 15) is 0 Å². The van der Waals surface area contributed by atoms with E-state index >= 15 is 0 Å². The van der Waals surface area contributed by atoms with Gasteiger partial charge in [-0.05, 0) is 61.2 Å². The van der Waals surface area contributed by atoms with Crippen LogP contribution in [-0.2, 0) is 4.74 Å². The highest BCUT2D eigenvalue weighted by Crippen LogP contribution is 2.64. The third-order valence-electron chi connectivity index (χ3n) is 7.06. The zero-order chi connectivity index (χ0) is 11.0. The molecule has 4 aliphatic carbocycles. The first kappa shape index (κ1) is 9.83. The SMILES string of the molecule is C1CC2CCC3CCCC4C5OC5C(C1)C2C34. The standard InChI is InChI=1S/C16H24O/c1-3-9-7-8-10-4-2-6-12-14(10)13(9)11(5-1)15-16(12)17-15/h9-16H,1-8H2. The summed E-state index contributed by atoms with van der Waals surface area (Å²) in [6.07, 6.45) is 13.7. The van der Waals surface area contributed by atoms with Crippen LogP contribution < -0.4 is 0 Å². The fourth-order valence-corrected chi connectivity index (χ4v) is 6.59. The summed E-state index contributed by atoms with van der Waals surface area (Å²) in [6, 6.07) is 0. The van der Waals surface area contributed by atoms with Gasteiger partial charge in [0, 0.05) is 0 Å². The lowest BCUT2D eigenvalue weighted by atomic mass is 9.48. The zero-order valence-electron chi connectivity index (χ0n) is 10.7. The van der Waals surface area contributed by atoms with Gasteiger partial charge in [0.2, 0.25) is 0 Å². The van der Waals surface area contributed by atoms with Crippen LogP contribution in [0.3, 0.4) is 0 Å². The summed E-state index contributed by atoms with van der Waals surface area (Å²) in [4.78, 5) is 0. The Balaban J connectivity index is 1.57. The molecule has 0 amide bonds.